The summed E-state index contributed by atoms with van der Waals surface area (Å²) in [6, 6.07) is 10.6. The Balaban J connectivity index is 1.53. The van der Waals surface area contributed by atoms with Crippen LogP contribution in [0.1, 0.15) is 34.5 Å². The van der Waals surface area contributed by atoms with E-state index in [1.807, 2.05) is 24.3 Å². The Bertz CT molecular complexity index is 1190. The Hall–Kier alpha value is -3.32. The van der Waals surface area contributed by atoms with Gasteiger partial charge in [-0.1, -0.05) is 29.8 Å². The summed E-state index contributed by atoms with van der Waals surface area (Å²) in [5.74, 6) is -0.246. The highest BCUT2D eigenvalue weighted by molar-refractivity contribution is 6.32. The number of hydrogen-bond donors (Lipinski definition) is 1. The SMILES string of the molecule is COc1cc(OC)c(NC(=O)COC(=O)c2c3c(nc4ccccc24)CCCC3)cc1Cl. The molecule has 0 saturated heterocycles. The molecule has 1 aliphatic carbocycles. The van der Waals surface area contributed by atoms with Crippen LogP contribution >= 0.6 is 11.6 Å². The summed E-state index contributed by atoms with van der Waals surface area (Å²) >= 11 is 6.15. The highest BCUT2D eigenvalue weighted by Gasteiger charge is 2.24. The predicted octanol–water partition coefficient (Wildman–Crippen LogP) is 4.58. The Morgan fingerprint density at radius 2 is 1.81 bits per heavy atom. The minimum atomic E-state index is -0.531. The average molecular weight is 455 g/mol. The number of amides is 1. The number of nitrogens with zero attached hydrogens (tertiary/aromatic N) is 1. The maximum atomic E-state index is 13.1. The van der Waals surface area contributed by atoms with Gasteiger partial charge in [0.15, 0.2) is 6.61 Å². The molecule has 0 fully saturated rings. The van der Waals surface area contributed by atoms with Crippen molar-refractivity contribution in [2.24, 2.45) is 0 Å². The number of pyridine rings is 1. The number of halogens is 1. The minimum absolute atomic E-state index is 0.315. The first-order valence-corrected chi connectivity index (χ1v) is 10.7. The number of hydrogen-bond acceptors (Lipinski definition) is 6. The Kier molecular flexibility index (Phi) is 6.46. The van der Waals surface area contributed by atoms with Gasteiger partial charge in [-0.05, 0) is 43.4 Å². The van der Waals surface area contributed by atoms with Crippen molar-refractivity contribution in [2.45, 2.75) is 25.7 Å². The molecule has 0 aliphatic heterocycles. The number of esters is 1. The number of nitrogens with one attached hydrogen (secondary N) is 1. The second-order valence-electron chi connectivity index (χ2n) is 7.45. The second kappa shape index (κ2) is 9.44. The zero-order valence-electron chi connectivity index (χ0n) is 17.9. The fraction of sp³-hybridized carbons (Fsp3) is 0.292. The molecule has 2 aromatic carbocycles. The summed E-state index contributed by atoms with van der Waals surface area (Å²) in [7, 11) is 2.95. The van der Waals surface area contributed by atoms with Crippen molar-refractivity contribution < 1.29 is 23.8 Å². The van der Waals surface area contributed by atoms with Gasteiger partial charge in [0.1, 0.15) is 11.5 Å². The Morgan fingerprint density at radius 3 is 2.59 bits per heavy atom. The highest BCUT2D eigenvalue weighted by atomic mass is 35.5. The van der Waals surface area contributed by atoms with Crippen LogP contribution in [0.3, 0.4) is 0 Å². The lowest BCUT2D eigenvalue weighted by molar-refractivity contribution is -0.119. The molecule has 0 unspecified atom stereocenters. The number of benzene rings is 2. The third-order valence-electron chi connectivity index (χ3n) is 5.46. The van der Waals surface area contributed by atoms with Crippen molar-refractivity contribution in [3.05, 3.63) is 58.2 Å². The van der Waals surface area contributed by atoms with Gasteiger partial charge >= 0.3 is 5.97 Å². The van der Waals surface area contributed by atoms with Gasteiger partial charge in [-0.3, -0.25) is 9.78 Å². The van der Waals surface area contributed by atoms with E-state index in [2.05, 4.69) is 5.32 Å². The molecule has 1 aliphatic rings. The summed E-state index contributed by atoms with van der Waals surface area (Å²) in [6.45, 7) is -0.447. The van der Waals surface area contributed by atoms with E-state index < -0.39 is 18.5 Å². The first-order chi connectivity index (χ1) is 15.5. The van der Waals surface area contributed by atoms with E-state index in [1.165, 1.54) is 20.3 Å². The zero-order chi connectivity index (χ0) is 22.7. The summed E-state index contributed by atoms with van der Waals surface area (Å²) in [5.41, 5.74) is 3.46. The fourth-order valence-corrected chi connectivity index (χ4v) is 4.19. The molecular weight excluding hydrogens is 432 g/mol. The number of para-hydroxylation sites is 1. The minimum Gasteiger partial charge on any atom is -0.495 e. The van der Waals surface area contributed by atoms with Crippen molar-refractivity contribution in [1.82, 2.24) is 4.98 Å². The Labute approximate surface area is 190 Å². The molecule has 7 nitrogen and oxygen atoms in total. The van der Waals surface area contributed by atoms with Crippen LogP contribution in [0.25, 0.3) is 10.9 Å². The van der Waals surface area contributed by atoms with E-state index in [-0.39, 0.29) is 0 Å². The third kappa shape index (κ3) is 4.34. The molecule has 1 amide bonds. The van der Waals surface area contributed by atoms with Crippen molar-refractivity contribution in [3.63, 3.8) is 0 Å². The van der Waals surface area contributed by atoms with Gasteiger partial charge in [-0.15, -0.1) is 0 Å². The van der Waals surface area contributed by atoms with Crippen molar-refractivity contribution >= 4 is 40.1 Å². The first-order valence-electron chi connectivity index (χ1n) is 10.3. The van der Waals surface area contributed by atoms with Crippen LogP contribution in [0, 0.1) is 0 Å². The summed E-state index contributed by atoms with van der Waals surface area (Å²) in [6.07, 6.45) is 3.64. The standard InChI is InChI=1S/C24H23ClN2O5/c1-30-20-12-21(31-2)19(11-16(20)25)27-22(28)13-32-24(29)23-14-7-3-5-9-17(14)26-18-10-6-4-8-15(18)23/h3,5,7,9,11-12H,4,6,8,10,13H2,1-2H3,(H,27,28). The van der Waals surface area contributed by atoms with Crippen LogP contribution in [0.2, 0.25) is 5.02 Å². The van der Waals surface area contributed by atoms with Gasteiger partial charge in [-0.2, -0.15) is 0 Å². The van der Waals surface area contributed by atoms with Gasteiger partial charge in [-0.25, -0.2) is 4.79 Å². The van der Waals surface area contributed by atoms with E-state index in [1.54, 1.807) is 6.07 Å². The van der Waals surface area contributed by atoms with Crippen LogP contribution in [0.4, 0.5) is 5.69 Å². The smallest absolute Gasteiger partial charge is 0.339 e. The molecule has 166 valence electrons. The first kappa shape index (κ1) is 21.9. The topological polar surface area (TPSA) is 86.8 Å². The fourth-order valence-electron chi connectivity index (χ4n) is 3.95. The van der Waals surface area contributed by atoms with E-state index in [9.17, 15) is 9.59 Å². The van der Waals surface area contributed by atoms with E-state index in [0.29, 0.717) is 27.8 Å². The van der Waals surface area contributed by atoms with Crippen LogP contribution in [0.15, 0.2) is 36.4 Å². The molecule has 0 atom stereocenters. The molecular formula is C24H23ClN2O5. The number of fused-ring (bicyclic) bond motifs is 2. The molecule has 0 spiro atoms. The summed E-state index contributed by atoms with van der Waals surface area (Å²) < 4.78 is 15.8. The molecule has 4 rings (SSSR count). The maximum absolute atomic E-state index is 13.1. The number of ether oxygens (including phenoxy) is 3. The highest BCUT2D eigenvalue weighted by Crippen LogP contribution is 2.36. The monoisotopic (exact) mass is 454 g/mol. The van der Waals surface area contributed by atoms with Crippen molar-refractivity contribution in [1.29, 1.82) is 0 Å². The van der Waals surface area contributed by atoms with Gasteiger partial charge < -0.3 is 19.5 Å². The zero-order valence-corrected chi connectivity index (χ0v) is 18.6. The van der Waals surface area contributed by atoms with Gasteiger partial charge in [0.05, 0.1) is 36.0 Å². The van der Waals surface area contributed by atoms with Gasteiger partial charge in [0.2, 0.25) is 0 Å². The van der Waals surface area contributed by atoms with E-state index in [4.69, 9.17) is 30.8 Å². The molecule has 0 radical (unpaired) electrons. The van der Waals surface area contributed by atoms with Crippen LogP contribution in [-0.2, 0) is 22.4 Å². The number of rotatable bonds is 6. The van der Waals surface area contributed by atoms with E-state index in [0.717, 1.165) is 47.8 Å². The van der Waals surface area contributed by atoms with Gasteiger partial charge in [0, 0.05) is 17.1 Å². The second-order valence-corrected chi connectivity index (χ2v) is 7.85. The van der Waals surface area contributed by atoms with Gasteiger partial charge in [0.25, 0.3) is 5.91 Å². The van der Waals surface area contributed by atoms with Crippen LogP contribution < -0.4 is 14.8 Å². The number of carbonyl (C=O) groups is 2. The number of aryl methyl sites for hydroxylation is 1. The van der Waals surface area contributed by atoms with E-state index >= 15 is 0 Å². The normalized spacial score (nSPS) is 12.7. The molecule has 8 heteroatoms. The molecule has 3 aromatic rings. The summed E-state index contributed by atoms with van der Waals surface area (Å²) in [4.78, 5) is 30.3. The van der Waals surface area contributed by atoms with Crippen LogP contribution in [0.5, 0.6) is 11.5 Å². The predicted molar refractivity (Wildman–Crippen MR) is 122 cm³/mol. The largest absolute Gasteiger partial charge is 0.495 e. The number of carbonyl (C=O) groups excluding carboxylic acids is 2. The lowest BCUT2D eigenvalue weighted by Gasteiger charge is -2.20. The number of methoxy groups -OCH3 is 2. The number of aromatic nitrogens is 1. The quantitative estimate of drug-likeness (QED) is 0.548. The summed E-state index contributed by atoms with van der Waals surface area (Å²) in [5, 5.41) is 3.72. The molecule has 32 heavy (non-hydrogen) atoms. The lowest BCUT2D eigenvalue weighted by Crippen LogP contribution is -2.23. The molecule has 0 bridgehead atoms. The molecule has 1 N–H and O–H groups in total. The Morgan fingerprint density at radius 1 is 1.06 bits per heavy atom. The van der Waals surface area contributed by atoms with Crippen molar-refractivity contribution in [3.8, 4) is 11.5 Å². The molecule has 0 saturated carbocycles. The third-order valence-corrected chi connectivity index (χ3v) is 5.75. The average Bonchev–Trinajstić information content (AvgIpc) is 2.81. The lowest BCUT2D eigenvalue weighted by atomic mass is 9.90. The molecule has 1 aromatic heterocycles. The number of anilines is 1. The maximum Gasteiger partial charge on any atom is 0.339 e. The van der Waals surface area contributed by atoms with Crippen LogP contribution in [-0.4, -0.2) is 37.7 Å². The van der Waals surface area contributed by atoms with Crippen molar-refractivity contribution in [2.75, 3.05) is 26.1 Å². The molecule has 1 heterocycles.